The SMILES string of the molecule is CC.O=C(c1c(O)cc(O)cc1OCc1ccccc1)N1CCc2ccc(CNC3COC3)cc2C1. The lowest BCUT2D eigenvalue weighted by Crippen LogP contribution is -2.45. The van der Waals surface area contributed by atoms with Crippen molar-refractivity contribution in [3.05, 3.63) is 88.5 Å². The van der Waals surface area contributed by atoms with Gasteiger partial charge < -0.3 is 29.9 Å². The fraction of sp³-hybridized carbons (Fsp3) is 0.345. The summed E-state index contributed by atoms with van der Waals surface area (Å²) < 4.78 is 11.1. The summed E-state index contributed by atoms with van der Waals surface area (Å²) in [6, 6.07) is 18.9. The predicted molar refractivity (Wildman–Crippen MR) is 138 cm³/mol. The van der Waals surface area contributed by atoms with Gasteiger partial charge in [0, 0.05) is 31.8 Å². The van der Waals surface area contributed by atoms with Gasteiger partial charge in [0.2, 0.25) is 0 Å². The van der Waals surface area contributed by atoms with Crippen molar-refractivity contribution in [3.8, 4) is 17.2 Å². The second kappa shape index (κ2) is 11.9. The molecule has 0 unspecified atom stereocenters. The van der Waals surface area contributed by atoms with E-state index in [2.05, 4.69) is 23.5 Å². The van der Waals surface area contributed by atoms with Crippen molar-refractivity contribution < 1.29 is 24.5 Å². The van der Waals surface area contributed by atoms with Crippen LogP contribution in [-0.4, -0.2) is 46.8 Å². The summed E-state index contributed by atoms with van der Waals surface area (Å²) in [5, 5.41) is 24.0. The van der Waals surface area contributed by atoms with Gasteiger partial charge in [0.1, 0.15) is 29.4 Å². The van der Waals surface area contributed by atoms with Crippen molar-refractivity contribution in [2.24, 2.45) is 0 Å². The fourth-order valence-corrected chi connectivity index (χ4v) is 4.32. The predicted octanol–water partition coefficient (Wildman–Crippen LogP) is 4.39. The minimum atomic E-state index is -0.318. The largest absolute Gasteiger partial charge is 0.508 e. The van der Waals surface area contributed by atoms with Gasteiger partial charge >= 0.3 is 0 Å². The number of benzene rings is 3. The molecule has 0 radical (unpaired) electrons. The van der Waals surface area contributed by atoms with Gasteiger partial charge in [-0.15, -0.1) is 0 Å². The normalized spacial score (nSPS) is 14.8. The molecule has 5 rings (SSSR count). The second-order valence-electron chi connectivity index (χ2n) is 8.81. The zero-order valence-electron chi connectivity index (χ0n) is 20.9. The molecule has 1 saturated heterocycles. The highest BCUT2D eigenvalue weighted by atomic mass is 16.5. The quantitative estimate of drug-likeness (QED) is 0.455. The maximum atomic E-state index is 13.5. The van der Waals surface area contributed by atoms with E-state index in [-0.39, 0.29) is 35.3 Å². The zero-order chi connectivity index (χ0) is 25.5. The number of phenols is 2. The maximum Gasteiger partial charge on any atom is 0.261 e. The highest BCUT2D eigenvalue weighted by Gasteiger charge is 2.28. The van der Waals surface area contributed by atoms with Crippen LogP contribution in [0.2, 0.25) is 0 Å². The first-order chi connectivity index (χ1) is 17.6. The van der Waals surface area contributed by atoms with E-state index in [1.165, 1.54) is 23.3 Å². The average Bonchev–Trinajstić information content (AvgIpc) is 2.87. The highest BCUT2D eigenvalue weighted by Crippen LogP contribution is 2.35. The fourth-order valence-electron chi connectivity index (χ4n) is 4.32. The molecule has 36 heavy (non-hydrogen) atoms. The Morgan fingerprint density at radius 2 is 1.81 bits per heavy atom. The third-order valence-electron chi connectivity index (χ3n) is 6.32. The van der Waals surface area contributed by atoms with Crippen LogP contribution in [0.1, 0.15) is 46.5 Å². The minimum Gasteiger partial charge on any atom is -0.508 e. The lowest BCUT2D eigenvalue weighted by atomic mass is 9.96. The molecule has 1 fully saturated rings. The van der Waals surface area contributed by atoms with Crippen LogP contribution in [0.25, 0.3) is 0 Å². The van der Waals surface area contributed by atoms with E-state index in [1.54, 1.807) is 4.90 Å². The van der Waals surface area contributed by atoms with Crippen molar-refractivity contribution in [1.29, 1.82) is 0 Å². The molecule has 2 aliphatic rings. The van der Waals surface area contributed by atoms with E-state index in [1.807, 2.05) is 44.2 Å². The number of phenolic OH excluding ortho intramolecular Hbond substituents is 2. The Morgan fingerprint density at radius 3 is 2.53 bits per heavy atom. The maximum absolute atomic E-state index is 13.5. The molecule has 0 aromatic heterocycles. The molecule has 3 aromatic carbocycles. The second-order valence-corrected chi connectivity index (χ2v) is 8.81. The number of aromatic hydroxyl groups is 2. The van der Waals surface area contributed by atoms with Crippen LogP contribution < -0.4 is 10.1 Å². The van der Waals surface area contributed by atoms with E-state index >= 15 is 0 Å². The number of hydrogen-bond donors (Lipinski definition) is 3. The summed E-state index contributed by atoms with van der Waals surface area (Å²) in [5.41, 5.74) is 4.49. The van der Waals surface area contributed by atoms with Crippen molar-refractivity contribution >= 4 is 5.91 Å². The molecule has 3 aromatic rings. The third kappa shape index (κ3) is 5.98. The number of nitrogens with one attached hydrogen (secondary N) is 1. The smallest absolute Gasteiger partial charge is 0.261 e. The lowest BCUT2D eigenvalue weighted by molar-refractivity contribution is -0.00579. The topological polar surface area (TPSA) is 91.3 Å². The van der Waals surface area contributed by atoms with Crippen LogP contribution in [-0.2, 0) is 30.9 Å². The van der Waals surface area contributed by atoms with Crippen LogP contribution in [0.3, 0.4) is 0 Å². The molecular weight excluding hydrogens is 456 g/mol. The first kappa shape index (κ1) is 25.5. The van der Waals surface area contributed by atoms with Crippen LogP contribution in [0.15, 0.2) is 60.7 Å². The number of hydrogen-bond acceptors (Lipinski definition) is 6. The Hall–Kier alpha value is -3.55. The summed E-state index contributed by atoms with van der Waals surface area (Å²) >= 11 is 0. The summed E-state index contributed by atoms with van der Waals surface area (Å²) in [5.74, 6) is -0.603. The van der Waals surface area contributed by atoms with Gasteiger partial charge in [-0.3, -0.25) is 4.79 Å². The first-order valence-corrected chi connectivity index (χ1v) is 12.5. The summed E-state index contributed by atoms with van der Waals surface area (Å²) in [7, 11) is 0. The van der Waals surface area contributed by atoms with Crippen LogP contribution in [0.5, 0.6) is 17.2 Å². The number of ether oxygens (including phenoxy) is 2. The van der Waals surface area contributed by atoms with E-state index in [4.69, 9.17) is 9.47 Å². The Morgan fingerprint density at radius 1 is 1.03 bits per heavy atom. The van der Waals surface area contributed by atoms with Crippen molar-refractivity contribution in [2.75, 3.05) is 19.8 Å². The molecule has 0 aliphatic carbocycles. The van der Waals surface area contributed by atoms with E-state index in [0.29, 0.717) is 19.1 Å². The molecule has 0 atom stereocenters. The van der Waals surface area contributed by atoms with Crippen molar-refractivity contribution in [1.82, 2.24) is 10.2 Å². The third-order valence-corrected chi connectivity index (χ3v) is 6.32. The van der Waals surface area contributed by atoms with E-state index in [0.717, 1.165) is 37.3 Å². The Kier molecular flexibility index (Phi) is 8.46. The molecule has 7 nitrogen and oxygen atoms in total. The highest BCUT2D eigenvalue weighted by molar-refractivity contribution is 6.00. The molecule has 7 heteroatoms. The number of carbonyl (C=O) groups is 1. The molecule has 2 aliphatic heterocycles. The number of nitrogens with zero attached hydrogens (tertiary/aromatic N) is 1. The molecule has 0 saturated carbocycles. The molecular formula is C29H34N2O5. The van der Waals surface area contributed by atoms with Crippen LogP contribution >= 0.6 is 0 Å². The average molecular weight is 491 g/mol. The lowest BCUT2D eigenvalue weighted by Gasteiger charge is -2.30. The summed E-state index contributed by atoms with van der Waals surface area (Å²) in [6.07, 6.45) is 0.740. The van der Waals surface area contributed by atoms with E-state index in [9.17, 15) is 15.0 Å². The van der Waals surface area contributed by atoms with E-state index < -0.39 is 0 Å². The Bertz CT molecular complexity index is 1180. The van der Waals surface area contributed by atoms with Gasteiger partial charge in [0.05, 0.1) is 19.3 Å². The molecule has 0 bridgehead atoms. The van der Waals surface area contributed by atoms with Crippen LogP contribution in [0.4, 0.5) is 0 Å². The number of carbonyl (C=O) groups excluding carboxylic acids is 1. The molecule has 190 valence electrons. The van der Waals surface area contributed by atoms with Gasteiger partial charge in [0.25, 0.3) is 5.91 Å². The molecule has 0 spiro atoms. The standard InChI is InChI=1S/C27H28N2O5.C2H6/c30-23-11-24(31)26(25(12-23)34-15-18-4-2-1-3-5-18)27(32)29-9-8-20-7-6-19(10-21(20)14-29)13-28-22-16-33-17-22;1-2/h1-7,10-12,22,28,30-31H,8-9,13-17H2;1-2H3. The van der Waals surface area contributed by atoms with Gasteiger partial charge in [-0.05, 0) is 28.7 Å². The monoisotopic (exact) mass is 490 g/mol. The summed E-state index contributed by atoms with van der Waals surface area (Å²) in [4.78, 5) is 15.2. The first-order valence-electron chi connectivity index (χ1n) is 12.5. The number of fused-ring (bicyclic) bond motifs is 1. The Balaban J connectivity index is 0.00000148. The zero-order valence-corrected chi connectivity index (χ0v) is 20.9. The Labute approximate surface area is 212 Å². The van der Waals surface area contributed by atoms with Crippen molar-refractivity contribution in [2.45, 2.75) is 46.0 Å². The molecule has 1 amide bonds. The van der Waals surface area contributed by atoms with Gasteiger partial charge in [-0.1, -0.05) is 62.4 Å². The summed E-state index contributed by atoms with van der Waals surface area (Å²) in [6.45, 7) is 7.46. The van der Waals surface area contributed by atoms with Gasteiger partial charge in [0.15, 0.2) is 0 Å². The number of amides is 1. The van der Waals surface area contributed by atoms with Gasteiger partial charge in [-0.25, -0.2) is 0 Å². The number of rotatable bonds is 7. The van der Waals surface area contributed by atoms with Crippen molar-refractivity contribution in [3.63, 3.8) is 0 Å². The molecule has 2 heterocycles. The minimum absolute atomic E-state index is 0.0694. The van der Waals surface area contributed by atoms with Crippen LogP contribution in [0, 0.1) is 0 Å². The van der Waals surface area contributed by atoms with Gasteiger partial charge in [-0.2, -0.15) is 0 Å². The molecule has 3 N–H and O–H groups in total.